The van der Waals surface area contributed by atoms with Gasteiger partial charge in [0.05, 0.1) is 0 Å². The summed E-state index contributed by atoms with van der Waals surface area (Å²) in [5.74, 6) is -1.26. The van der Waals surface area contributed by atoms with E-state index in [1.165, 1.54) is 0 Å². The molecule has 0 fully saturated rings. The Morgan fingerprint density at radius 2 is 1.70 bits per heavy atom. The third kappa shape index (κ3) is 5.08. The van der Waals surface area contributed by atoms with Gasteiger partial charge in [0.25, 0.3) is 0 Å². The molecule has 60 valence electrons. The van der Waals surface area contributed by atoms with Crippen molar-refractivity contribution in [2.24, 2.45) is 0 Å². The average molecular weight is 264 g/mol. The highest BCUT2D eigenvalue weighted by Gasteiger charge is 2.02. The first-order chi connectivity index (χ1) is 4.68. The fraction of sp³-hybridized carbons (Fsp3) is 0.667. The molecule has 0 aliphatic heterocycles. The molecule has 0 aliphatic rings. The Balaban J connectivity index is 3.40. The van der Waals surface area contributed by atoms with Gasteiger partial charge < -0.3 is 0 Å². The van der Waals surface area contributed by atoms with Crippen LogP contribution in [0.5, 0.6) is 0 Å². The maximum atomic E-state index is 12.0. The lowest BCUT2D eigenvalue weighted by atomic mass is 10.2. The fourth-order valence-electron chi connectivity index (χ4n) is 0.469. The minimum Gasteiger partial charge on any atom is -0.206 e. The van der Waals surface area contributed by atoms with Crippen LogP contribution in [-0.4, -0.2) is 4.43 Å². The average Bonchev–Trinajstić information content (AvgIpc) is 1.88. The summed E-state index contributed by atoms with van der Waals surface area (Å²) in [6.45, 7) is 0. The number of unbranched alkanes of at least 4 members (excludes halogenated alkanes) is 1. The maximum absolute atomic E-state index is 12.0. The molecule has 10 heavy (non-hydrogen) atoms. The minimum atomic E-state index is -2.17. The number of hydrogen-bond donors (Lipinski definition) is 0. The van der Waals surface area contributed by atoms with Crippen LogP contribution >= 0.6 is 22.6 Å². The van der Waals surface area contributed by atoms with Crippen LogP contribution in [-0.2, 0) is 0 Å². The van der Waals surface area contributed by atoms with Crippen molar-refractivity contribution in [2.45, 2.75) is 19.3 Å². The molecule has 0 saturated carbocycles. The Labute approximate surface area is 71.6 Å². The summed E-state index contributed by atoms with van der Waals surface area (Å²) in [5, 5.41) is 0. The Morgan fingerprint density at radius 3 is 2.10 bits per heavy atom. The number of hydrogen-bond acceptors (Lipinski definition) is 0. The fourth-order valence-corrected chi connectivity index (χ4v) is 1.01. The molecule has 0 aromatic heterocycles. The summed E-state index contributed by atoms with van der Waals surface area (Å²) in [7, 11) is 0. The van der Waals surface area contributed by atoms with Crippen molar-refractivity contribution in [1.82, 2.24) is 0 Å². The standard InChI is InChI=1S/C6H8F3I/c7-5(6(8)9)3-1-2-4-10/h1-4H2. The van der Waals surface area contributed by atoms with Gasteiger partial charge in [-0.25, -0.2) is 4.39 Å². The molecular formula is C6H8F3I. The first-order valence-corrected chi connectivity index (χ1v) is 4.46. The van der Waals surface area contributed by atoms with Gasteiger partial charge in [0.1, 0.15) is 0 Å². The molecule has 0 aromatic carbocycles. The van der Waals surface area contributed by atoms with Crippen molar-refractivity contribution in [3.8, 4) is 0 Å². The molecule has 0 saturated heterocycles. The van der Waals surface area contributed by atoms with Gasteiger partial charge in [-0.05, 0) is 17.3 Å². The number of rotatable bonds is 4. The Morgan fingerprint density at radius 1 is 1.10 bits per heavy atom. The van der Waals surface area contributed by atoms with E-state index in [0.717, 1.165) is 10.8 Å². The number of alkyl halides is 1. The molecule has 0 amide bonds. The van der Waals surface area contributed by atoms with E-state index in [1.54, 1.807) is 0 Å². The molecular weight excluding hydrogens is 256 g/mol. The van der Waals surface area contributed by atoms with Crippen LogP contribution in [0.2, 0.25) is 0 Å². The predicted molar refractivity (Wildman–Crippen MR) is 43.1 cm³/mol. The summed E-state index contributed by atoms with van der Waals surface area (Å²) < 4.78 is 35.6. The second kappa shape index (κ2) is 6.00. The summed E-state index contributed by atoms with van der Waals surface area (Å²) in [6.07, 6.45) is -0.993. The first kappa shape index (κ1) is 10.3. The van der Waals surface area contributed by atoms with Crippen LogP contribution in [0.25, 0.3) is 0 Å². The van der Waals surface area contributed by atoms with E-state index < -0.39 is 11.9 Å². The van der Waals surface area contributed by atoms with E-state index in [9.17, 15) is 13.2 Å². The maximum Gasteiger partial charge on any atom is 0.301 e. The van der Waals surface area contributed by atoms with Crippen LogP contribution in [0.4, 0.5) is 13.2 Å². The van der Waals surface area contributed by atoms with Crippen LogP contribution in [0.1, 0.15) is 19.3 Å². The molecule has 0 bridgehead atoms. The second-order valence-electron chi connectivity index (χ2n) is 1.81. The number of halogens is 4. The molecule has 0 rings (SSSR count). The quantitative estimate of drug-likeness (QED) is 0.413. The van der Waals surface area contributed by atoms with Crippen molar-refractivity contribution < 1.29 is 13.2 Å². The smallest absolute Gasteiger partial charge is 0.206 e. The lowest BCUT2D eigenvalue weighted by molar-refractivity contribution is 0.368. The van der Waals surface area contributed by atoms with Gasteiger partial charge in [0.15, 0.2) is 5.83 Å². The Kier molecular flexibility index (Phi) is 6.16. The summed E-state index contributed by atoms with van der Waals surface area (Å²) >= 11 is 2.13. The molecule has 0 atom stereocenters. The second-order valence-corrected chi connectivity index (χ2v) is 2.89. The highest BCUT2D eigenvalue weighted by molar-refractivity contribution is 14.1. The normalized spacial score (nSPS) is 9.60. The van der Waals surface area contributed by atoms with E-state index in [4.69, 9.17) is 0 Å². The van der Waals surface area contributed by atoms with Gasteiger partial charge >= 0.3 is 6.08 Å². The van der Waals surface area contributed by atoms with E-state index in [0.29, 0.717) is 6.42 Å². The highest BCUT2D eigenvalue weighted by atomic mass is 127. The zero-order valence-electron chi connectivity index (χ0n) is 5.34. The molecule has 0 heterocycles. The third-order valence-corrected chi connectivity index (χ3v) is 1.75. The molecule has 0 unspecified atom stereocenters. The molecule has 0 spiro atoms. The molecule has 0 aromatic rings. The van der Waals surface area contributed by atoms with Gasteiger partial charge in [-0.1, -0.05) is 22.6 Å². The van der Waals surface area contributed by atoms with Crippen molar-refractivity contribution in [3.63, 3.8) is 0 Å². The monoisotopic (exact) mass is 264 g/mol. The van der Waals surface area contributed by atoms with E-state index >= 15 is 0 Å². The number of allylic oxidation sites excluding steroid dienone is 1. The van der Waals surface area contributed by atoms with E-state index in [2.05, 4.69) is 22.6 Å². The Bertz CT molecular complexity index is 118. The summed E-state index contributed by atoms with van der Waals surface area (Å²) in [5.41, 5.74) is 0. The van der Waals surface area contributed by atoms with Gasteiger partial charge in [-0.3, -0.25) is 0 Å². The van der Waals surface area contributed by atoms with Crippen LogP contribution < -0.4 is 0 Å². The molecule has 0 aliphatic carbocycles. The summed E-state index contributed by atoms with van der Waals surface area (Å²) in [6, 6.07) is 0. The van der Waals surface area contributed by atoms with E-state index in [1.807, 2.05) is 0 Å². The van der Waals surface area contributed by atoms with Gasteiger partial charge in [0.2, 0.25) is 0 Å². The SMILES string of the molecule is FC(F)=C(F)CCCCI. The highest BCUT2D eigenvalue weighted by Crippen LogP contribution is 2.16. The zero-order chi connectivity index (χ0) is 7.98. The minimum absolute atomic E-state index is 0.120. The van der Waals surface area contributed by atoms with Crippen molar-refractivity contribution >= 4 is 22.6 Å². The first-order valence-electron chi connectivity index (χ1n) is 2.94. The van der Waals surface area contributed by atoms with Gasteiger partial charge in [0, 0.05) is 6.42 Å². The van der Waals surface area contributed by atoms with Crippen molar-refractivity contribution in [1.29, 1.82) is 0 Å². The zero-order valence-corrected chi connectivity index (χ0v) is 7.50. The summed E-state index contributed by atoms with van der Waals surface area (Å²) in [4.78, 5) is 0. The van der Waals surface area contributed by atoms with Crippen LogP contribution in [0, 0.1) is 0 Å². The topological polar surface area (TPSA) is 0 Å². The third-order valence-electron chi connectivity index (χ3n) is 0.985. The van der Waals surface area contributed by atoms with Gasteiger partial charge in [-0.15, -0.1) is 0 Å². The lowest BCUT2D eigenvalue weighted by Crippen LogP contribution is -1.79. The predicted octanol–water partition coefficient (Wildman–Crippen LogP) is 3.67. The molecule has 0 radical (unpaired) electrons. The van der Waals surface area contributed by atoms with Crippen molar-refractivity contribution in [3.05, 3.63) is 11.9 Å². The molecule has 0 N–H and O–H groups in total. The van der Waals surface area contributed by atoms with Crippen LogP contribution in [0.15, 0.2) is 11.9 Å². The molecule has 0 nitrogen and oxygen atoms in total. The van der Waals surface area contributed by atoms with Crippen LogP contribution in [0.3, 0.4) is 0 Å². The van der Waals surface area contributed by atoms with Crippen molar-refractivity contribution in [2.75, 3.05) is 4.43 Å². The lowest BCUT2D eigenvalue weighted by Gasteiger charge is -1.93. The largest absolute Gasteiger partial charge is 0.301 e. The molecule has 4 heteroatoms. The van der Waals surface area contributed by atoms with Gasteiger partial charge in [-0.2, -0.15) is 8.78 Å². The van der Waals surface area contributed by atoms with E-state index in [-0.39, 0.29) is 6.42 Å². The Hall–Kier alpha value is 0.260.